The molecule has 4 heteroatoms. The normalized spacial score (nSPS) is 31.0. The smallest absolute Gasteiger partial charge is 0.0598 e. The van der Waals surface area contributed by atoms with Crippen molar-refractivity contribution in [1.82, 2.24) is 0 Å². The molecule has 2 saturated carbocycles. The van der Waals surface area contributed by atoms with Gasteiger partial charge in [-0.15, -0.1) is 0 Å². The molecule has 0 spiro atoms. The Balaban J connectivity index is 1.67. The van der Waals surface area contributed by atoms with Crippen LogP contribution in [0, 0.1) is 17.8 Å². The molecular weight excluding hydrogens is 581 g/mol. The van der Waals surface area contributed by atoms with Crippen LogP contribution in [0.1, 0.15) is 121 Å². The Morgan fingerprint density at radius 1 is 0.767 bits per heavy atom. The Kier molecular flexibility index (Phi) is 12.2. The van der Waals surface area contributed by atoms with Crippen LogP contribution in [0.2, 0.25) is 0 Å². The number of fused-ring (bicyclic) bond motifs is 2. The van der Waals surface area contributed by atoms with Crippen molar-refractivity contribution >= 4 is 30.1 Å². The molecule has 43 heavy (non-hydrogen) atoms. The number of rotatable bonds is 14. The lowest BCUT2D eigenvalue weighted by atomic mass is 9.78. The Morgan fingerprint density at radius 3 is 1.98 bits per heavy atom. The minimum absolute atomic E-state index is 0.0115. The summed E-state index contributed by atoms with van der Waals surface area (Å²) in [7, 11) is -1.89. The van der Waals surface area contributed by atoms with E-state index in [0.717, 1.165) is 46.0 Å². The van der Waals surface area contributed by atoms with Crippen molar-refractivity contribution in [3.8, 4) is 0 Å². The Labute approximate surface area is 274 Å². The lowest BCUT2D eigenvalue weighted by molar-refractivity contribution is -0.00471. The Bertz CT molecular complexity index is 1010. The lowest BCUT2D eigenvalue weighted by Gasteiger charge is -2.57. The monoisotopic (exact) mass is 652 g/mol. The van der Waals surface area contributed by atoms with Gasteiger partial charge in [-0.05, 0) is 159 Å². The number of hydrogen-bond donors (Lipinski definition) is 0. The van der Waals surface area contributed by atoms with E-state index in [2.05, 4.69) is 96.4 Å². The quantitative estimate of drug-likeness (QED) is 0.182. The van der Waals surface area contributed by atoms with Crippen molar-refractivity contribution in [2.75, 3.05) is 61.4 Å². The maximum Gasteiger partial charge on any atom is 0.0598 e. The fourth-order valence-electron chi connectivity index (χ4n) is 9.69. The van der Waals surface area contributed by atoms with Gasteiger partial charge in [0.2, 0.25) is 0 Å². The van der Waals surface area contributed by atoms with E-state index in [1.165, 1.54) is 75.0 Å². The molecule has 3 aliphatic carbocycles. The summed E-state index contributed by atoms with van der Waals surface area (Å²) in [6.45, 7) is 12.9. The highest BCUT2D eigenvalue weighted by Gasteiger charge is 2.55. The van der Waals surface area contributed by atoms with Gasteiger partial charge in [-0.2, -0.15) is 0 Å². The van der Waals surface area contributed by atoms with Crippen molar-refractivity contribution in [2.24, 2.45) is 17.8 Å². The van der Waals surface area contributed by atoms with Crippen LogP contribution in [0.25, 0.3) is 0 Å². The van der Waals surface area contributed by atoms with E-state index in [4.69, 9.17) is 4.74 Å². The molecule has 0 heterocycles. The highest BCUT2D eigenvalue weighted by atomic mass is 32.3. The first-order valence-electron chi connectivity index (χ1n) is 17.8. The van der Waals surface area contributed by atoms with Crippen LogP contribution in [-0.2, 0) is 4.74 Å². The Hall–Kier alpha value is 0.230. The highest BCUT2D eigenvalue weighted by molar-refractivity contribution is 8.35. The van der Waals surface area contributed by atoms with Crippen LogP contribution >= 0.6 is 30.1 Å². The van der Waals surface area contributed by atoms with E-state index in [9.17, 15) is 0 Å². The molecule has 7 atom stereocenters. The lowest BCUT2D eigenvalue weighted by Crippen LogP contribution is -2.36. The minimum atomic E-state index is -0.859. The zero-order valence-corrected chi connectivity index (χ0v) is 32.8. The summed E-state index contributed by atoms with van der Waals surface area (Å²) in [5.74, 6) is 8.21. The van der Waals surface area contributed by atoms with E-state index >= 15 is 0 Å². The molecule has 3 aliphatic rings. The first-order chi connectivity index (χ1) is 20.0. The standard InChI is InChI=1S/C39H72OS3/c1-30(2)43(25-19-13-12-18-24-40-39(3,4)5,37-26-31(28-41(6,7)8)33-20-14-16-22-35(33)37)38-27-32(29-42(9,10)11)34-21-15-17-23-36(34)38/h14,16,20,22,30-32,34,36-38H,12-13,15,17-19,21,23-29H2,1-11H3. The van der Waals surface area contributed by atoms with Crippen molar-refractivity contribution < 1.29 is 4.74 Å². The van der Waals surface area contributed by atoms with E-state index in [1.54, 1.807) is 17.5 Å². The number of unbranched alkanes of at least 4 members (excludes halogenated alkanes) is 3. The predicted molar refractivity (Wildman–Crippen MR) is 206 cm³/mol. The van der Waals surface area contributed by atoms with Crippen molar-refractivity contribution in [2.45, 2.75) is 126 Å². The summed E-state index contributed by atoms with van der Waals surface area (Å²) in [5.41, 5.74) is 3.54. The molecule has 0 aromatic heterocycles. The third kappa shape index (κ3) is 9.19. The summed E-state index contributed by atoms with van der Waals surface area (Å²) >= 11 is 0. The number of hydrogen-bond acceptors (Lipinski definition) is 1. The van der Waals surface area contributed by atoms with Gasteiger partial charge in [0, 0.05) is 11.9 Å². The summed E-state index contributed by atoms with van der Waals surface area (Å²) in [6.07, 6.45) is 29.8. The van der Waals surface area contributed by atoms with E-state index in [-0.39, 0.29) is 5.60 Å². The van der Waals surface area contributed by atoms with Crippen molar-refractivity contribution in [3.63, 3.8) is 0 Å². The van der Waals surface area contributed by atoms with Gasteiger partial charge in [-0.3, -0.25) is 0 Å². The maximum atomic E-state index is 6.09. The van der Waals surface area contributed by atoms with Gasteiger partial charge in [0.05, 0.1) is 5.60 Å². The maximum absolute atomic E-state index is 6.09. The molecular formula is C39H72OS3. The number of benzene rings is 1. The molecule has 7 unspecified atom stereocenters. The first kappa shape index (κ1) is 36.1. The average Bonchev–Trinajstić information content (AvgIpc) is 3.42. The Morgan fingerprint density at radius 2 is 1.37 bits per heavy atom. The summed E-state index contributed by atoms with van der Waals surface area (Å²) in [6, 6.07) is 9.90. The molecule has 0 N–H and O–H groups in total. The van der Waals surface area contributed by atoms with E-state index in [1.807, 2.05) is 0 Å². The highest BCUT2D eigenvalue weighted by Crippen LogP contribution is 2.77. The molecule has 1 aromatic rings. The zero-order valence-electron chi connectivity index (χ0n) is 30.4. The van der Waals surface area contributed by atoms with Gasteiger partial charge in [0.15, 0.2) is 0 Å². The molecule has 0 radical (unpaired) electrons. The second-order valence-corrected chi connectivity index (χ2v) is 31.1. The van der Waals surface area contributed by atoms with Crippen LogP contribution in [0.5, 0.6) is 0 Å². The van der Waals surface area contributed by atoms with Gasteiger partial charge >= 0.3 is 0 Å². The van der Waals surface area contributed by atoms with Gasteiger partial charge < -0.3 is 4.74 Å². The molecule has 0 bridgehead atoms. The van der Waals surface area contributed by atoms with Crippen LogP contribution in [0.3, 0.4) is 0 Å². The zero-order chi connectivity index (χ0) is 31.6. The molecule has 0 saturated heterocycles. The topological polar surface area (TPSA) is 9.23 Å². The van der Waals surface area contributed by atoms with Crippen molar-refractivity contribution in [1.29, 1.82) is 0 Å². The van der Waals surface area contributed by atoms with E-state index < -0.39 is 30.1 Å². The molecule has 2 fully saturated rings. The molecule has 0 amide bonds. The predicted octanol–water partition coefficient (Wildman–Crippen LogP) is 11.4. The SMILES string of the molecule is CC(C)S(CCCCCCOC(C)(C)C)(C1CC(CS(C)(C)C)c2ccccc21)C1CC(CS(C)(C)C)C2CCCCC21. The first-order valence-corrected chi connectivity index (χ1v) is 25.9. The molecule has 1 nitrogen and oxygen atoms in total. The summed E-state index contributed by atoms with van der Waals surface area (Å²) in [5, 5.41) is 2.60. The molecule has 0 aliphatic heterocycles. The minimum Gasteiger partial charge on any atom is -0.376 e. The van der Waals surface area contributed by atoms with Gasteiger partial charge in [0.1, 0.15) is 0 Å². The van der Waals surface area contributed by atoms with Crippen LogP contribution < -0.4 is 0 Å². The van der Waals surface area contributed by atoms with Gasteiger partial charge in [0.25, 0.3) is 0 Å². The fourth-order valence-corrected chi connectivity index (χ4v) is 19.3. The third-order valence-corrected chi connectivity index (χ3v) is 19.8. The second kappa shape index (κ2) is 14.6. The average molecular weight is 653 g/mol. The third-order valence-electron chi connectivity index (χ3n) is 11.1. The van der Waals surface area contributed by atoms with Crippen molar-refractivity contribution in [3.05, 3.63) is 35.4 Å². The summed E-state index contributed by atoms with van der Waals surface area (Å²) in [4.78, 5) is 0. The van der Waals surface area contributed by atoms with Gasteiger partial charge in [-0.1, -0.05) is 63.8 Å². The van der Waals surface area contributed by atoms with Gasteiger partial charge in [-0.25, -0.2) is 30.1 Å². The van der Waals surface area contributed by atoms with E-state index in [0.29, 0.717) is 0 Å². The second-order valence-electron chi connectivity index (χ2n) is 17.7. The fraction of sp³-hybridized carbons (Fsp3) is 0.846. The van der Waals surface area contributed by atoms with Crippen LogP contribution in [-0.4, -0.2) is 77.5 Å². The number of ether oxygens (including phenoxy) is 1. The van der Waals surface area contributed by atoms with Crippen LogP contribution in [0.15, 0.2) is 24.3 Å². The van der Waals surface area contributed by atoms with Crippen LogP contribution in [0.4, 0.5) is 0 Å². The summed E-state index contributed by atoms with van der Waals surface area (Å²) < 4.78 is 6.09. The molecule has 1 aromatic carbocycles. The molecule has 252 valence electrons. The molecule has 4 rings (SSSR count). The largest absolute Gasteiger partial charge is 0.376 e.